The monoisotopic (exact) mass is 241 g/mol. The number of nitrogens with two attached hydrogens (primary N) is 1. The summed E-state index contributed by atoms with van der Waals surface area (Å²) in [6.45, 7) is 2.60. The van der Waals surface area contributed by atoms with Crippen LogP contribution < -0.4 is 11.1 Å². The van der Waals surface area contributed by atoms with E-state index in [1.165, 1.54) is 5.56 Å². The predicted octanol–water partition coefficient (Wildman–Crippen LogP) is 1.74. The second kappa shape index (κ2) is 4.80. The summed E-state index contributed by atoms with van der Waals surface area (Å²) in [5.41, 5.74) is 8.61. The molecule has 0 aliphatic rings. The molecule has 0 fully saturated rings. The first-order valence-corrected chi connectivity index (χ1v) is 5.65. The van der Waals surface area contributed by atoms with Gasteiger partial charge in [-0.2, -0.15) is 10.4 Å². The van der Waals surface area contributed by atoms with Crippen LogP contribution in [0.2, 0.25) is 0 Å². The van der Waals surface area contributed by atoms with Crippen LogP contribution in [0.5, 0.6) is 0 Å². The minimum atomic E-state index is 0.391. The molecule has 1 heterocycles. The highest BCUT2D eigenvalue weighted by Gasteiger charge is 2.14. The molecule has 0 aliphatic heterocycles. The minimum absolute atomic E-state index is 0.391. The molecule has 0 spiro atoms. The third-order valence-electron chi connectivity index (χ3n) is 2.79. The first-order valence-electron chi connectivity index (χ1n) is 5.65. The zero-order valence-corrected chi connectivity index (χ0v) is 10.4. The summed E-state index contributed by atoms with van der Waals surface area (Å²) in [5, 5.41) is 16.2. The summed E-state index contributed by atoms with van der Waals surface area (Å²) in [4.78, 5) is 0. The fourth-order valence-corrected chi connectivity index (χ4v) is 1.75. The summed E-state index contributed by atoms with van der Waals surface area (Å²) in [6.07, 6.45) is 0. The molecule has 0 aliphatic carbocycles. The van der Waals surface area contributed by atoms with Gasteiger partial charge in [-0.25, -0.2) is 4.68 Å². The quantitative estimate of drug-likeness (QED) is 0.857. The van der Waals surface area contributed by atoms with Crippen LogP contribution in [0.4, 0.5) is 11.6 Å². The van der Waals surface area contributed by atoms with Gasteiger partial charge in [0.05, 0.1) is 6.54 Å². The molecule has 2 rings (SSSR count). The van der Waals surface area contributed by atoms with Crippen molar-refractivity contribution in [3.05, 3.63) is 41.0 Å². The van der Waals surface area contributed by atoms with Crippen LogP contribution in [0, 0.1) is 18.3 Å². The van der Waals surface area contributed by atoms with Crippen LogP contribution in [-0.4, -0.2) is 16.8 Å². The van der Waals surface area contributed by atoms with E-state index in [0.717, 1.165) is 5.56 Å². The Hall–Kier alpha value is -2.48. The van der Waals surface area contributed by atoms with Gasteiger partial charge in [-0.05, 0) is 12.5 Å². The molecule has 5 heteroatoms. The molecule has 2 aromatic rings. The molecule has 18 heavy (non-hydrogen) atoms. The summed E-state index contributed by atoms with van der Waals surface area (Å²) in [5.74, 6) is 0.907. The lowest BCUT2D eigenvalue weighted by Gasteiger charge is -2.04. The lowest BCUT2D eigenvalue weighted by molar-refractivity contribution is 0.699. The Morgan fingerprint density at radius 1 is 1.39 bits per heavy atom. The Morgan fingerprint density at radius 2 is 2.06 bits per heavy atom. The van der Waals surface area contributed by atoms with Crippen LogP contribution in [0.25, 0.3) is 0 Å². The molecule has 0 atom stereocenters. The van der Waals surface area contributed by atoms with E-state index >= 15 is 0 Å². The number of nitriles is 1. The maximum absolute atomic E-state index is 9.02. The minimum Gasteiger partial charge on any atom is -0.383 e. The topological polar surface area (TPSA) is 79.7 Å². The molecule has 0 unspecified atom stereocenters. The number of benzene rings is 1. The van der Waals surface area contributed by atoms with Crippen molar-refractivity contribution in [1.29, 1.82) is 5.26 Å². The van der Waals surface area contributed by atoms with Crippen LogP contribution in [0.3, 0.4) is 0 Å². The summed E-state index contributed by atoms with van der Waals surface area (Å²) in [6, 6.07) is 10.2. The largest absolute Gasteiger partial charge is 0.383 e. The van der Waals surface area contributed by atoms with Gasteiger partial charge in [0.15, 0.2) is 5.82 Å². The molecule has 1 aromatic carbocycles. The van der Waals surface area contributed by atoms with E-state index in [0.29, 0.717) is 23.7 Å². The second-order valence-corrected chi connectivity index (χ2v) is 4.11. The van der Waals surface area contributed by atoms with Crippen LogP contribution in [0.1, 0.15) is 16.7 Å². The smallest absolute Gasteiger partial charge is 0.168 e. The zero-order chi connectivity index (χ0) is 13.1. The van der Waals surface area contributed by atoms with Gasteiger partial charge in [0, 0.05) is 7.05 Å². The molecule has 1 aromatic heterocycles. The molecule has 5 nitrogen and oxygen atoms in total. The van der Waals surface area contributed by atoms with Crippen molar-refractivity contribution < 1.29 is 0 Å². The number of aryl methyl sites for hydroxylation is 1. The van der Waals surface area contributed by atoms with Gasteiger partial charge in [0.25, 0.3) is 0 Å². The van der Waals surface area contributed by atoms with E-state index in [9.17, 15) is 0 Å². The van der Waals surface area contributed by atoms with E-state index in [1.54, 1.807) is 11.7 Å². The first kappa shape index (κ1) is 12.0. The van der Waals surface area contributed by atoms with E-state index in [4.69, 9.17) is 11.0 Å². The van der Waals surface area contributed by atoms with Gasteiger partial charge in [0.2, 0.25) is 0 Å². The predicted molar refractivity (Wildman–Crippen MR) is 71.2 cm³/mol. The Morgan fingerprint density at radius 3 is 2.56 bits per heavy atom. The Balaban J connectivity index is 2.32. The van der Waals surface area contributed by atoms with Crippen molar-refractivity contribution in [3.8, 4) is 6.07 Å². The number of anilines is 2. The van der Waals surface area contributed by atoms with E-state index in [2.05, 4.69) is 16.5 Å². The van der Waals surface area contributed by atoms with Crippen LogP contribution in [0.15, 0.2) is 24.3 Å². The lowest BCUT2D eigenvalue weighted by Crippen LogP contribution is -2.06. The molecule has 0 amide bonds. The van der Waals surface area contributed by atoms with E-state index in [1.807, 2.05) is 31.2 Å². The Labute approximate surface area is 106 Å². The van der Waals surface area contributed by atoms with Crippen molar-refractivity contribution in [2.24, 2.45) is 0 Å². The van der Waals surface area contributed by atoms with Crippen molar-refractivity contribution in [2.45, 2.75) is 13.5 Å². The molecular formula is C13H15N5. The highest BCUT2D eigenvalue weighted by molar-refractivity contribution is 5.63. The Bertz CT molecular complexity index is 589. The number of hydrogen-bond acceptors (Lipinski definition) is 4. The zero-order valence-electron chi connectivity index (χ0n) is 10.4. The van der Waals surface area contributed by atoms with Gasteiger partial charge in [-0.15, -0.1) is 0 Å². The van der Waals surface area contributed by atoms with Crippen molar-refractivity contribution in [1.82, 2.24) is 9.78 Å². The third-order valence-corrected chi connectivity index (χ3v) is 2.79. The number of nitrogen functional groups attached to an aromatic ring is 1. The van der Waals surface area contributed by atoms with Crippen LogP contribution in [-0.2, 0) is 6.54 Å². The molecule has 0 saturated heterocycles. The van der Waals surface area contributed by atoms with Crippen molar-refractivity contribution >= 4 is 11.6 Å². The molecule has 92 valence electrons. The number of aromatic nitrogens is 2. The van der Waals surface area contributed by atoms with Gasteiger partial charge >= 0.3 is 0 Å². The standard InChI is InChI=1S/C13H15N5/c1-9-3-5-10(6-4-9)8-18-12(15)11(7-14)13(16-2)17-18/h3-6H,8,15H2,1-2H3,(H,16,17). The molecule has 3 N–H and O–H groups in total. The average Bonchev–Trinajstić information content (AvgIpc) is 2.68. The fourth-order valence-electron chi connectivity index (χ4n) is 1.75. The Kier molecular flexibility index (Phi) is 3.20. The normalized spacial score (nSPS) is 10.1. The highest BCUT2D eigenvalue weighted by Crippen LogP contribution is 2.21. The van der Waals surface area contributed by atoms with E-state index in [-0.39, 0.29) is 0 Å². The second-order valence-electron chi connectivity index (χ2n) is 4.11. The maximum Gasteiger partial charge on any atom is 0.168 e. The molecular weight excluding hydrogens is 226 g/mol. The summed E-state index contributed by atoms with van der Waals surface area (Å²) < 4.78 is 1.63. The number of nitrogens with one attached hydrogen (secondary N) is 1. The maximum atomic E-state index is 9.02. The third kappa shape index (κ3) is 2.13. The van der Waals surface area contributed by atoms with Gasteiger partial charge < -0.3 is 11.1 Å². The van der Waals surface area contributed by atoms with Crippen molar-refractivity contribution in [2.75, 3.05) is 18.1 Å². The fraction of sp³-hybridized carbons (Fsp3) is 0.231. The summed E-state index contributed by atoms with van der Waals surface area (Å²) >= 11 is 0. The van der Waals surface area contributed by atoms with Crippen LogP contribution >= 0.6 is 0 Å². The molecule has 0 bridgehead atoms. The summed E-state index contributed by atoms with van der Waals surface area (Å²) in [7, 11) is 1.72. The average molecular weight is 241 g/mol. The van der Waals surface area contributed by atoms with Gasteiger partial charge in [-0.1, -0.05) is 29.8 Å². The number of rotatable bonds is 3. The number of nitrogens with zero attached hydrogens (tertiary/aromatic N) is 3. The lowest BCUT2D eigenvalue weighted by atomic mass is 10.1. The SMILES string of the molecule is CNc1nn(Cc2ccc(C)cc2)c(N)c1C#N. The van der Waals surface area contributed by atoms with Gasteiger partial charge in [-0.3, -0.25) is 0 Å². The van der Waals surface area contributed by atoms with Crippen molar-refractivity contribution in [3.63, 3.8) is 0 Å². The molecule has 0 radical (unpaired) electrons. The first-order chi connectivity index (χ1) is 8.65. The van der Waals surface area contributed by atoms with Gasteiger partial charge in [0.1, 0.15) is 17.5 Å². The van der Waals surface area contributed by atoms with E-state index < -0.39 is 0 Å². The highest BCUT2D eigenvalue weighted by atomic mass is 15.3. The molecule has 0 saturated carbocycles. The number of hydrogen-bond donors (Lipinski definition) is 2.